The van der Waals surface area contributed by atoms with E-state index in [9.17, 15) is 5.11 Å². The van der Waals surface area contributed by atoms with Gasteiger partial charge in [-0.1, -0.05) is 6.07 Å². The molecule has 3 N–H and O–H groups in total. The van der Waals surface area contributed by atoms with Gasteiger partial charge in [0, 0.05) is 28.7 Å². The highest BCUT2D eigenvalue weighted by molar-refractivity contribution is 5.99. The number of nitrogens with zero attached hydrogens (tertiary/aromatic N) is 5. The molecule has 8 nitrogen and oxygen atoms in total. The number of fused-ring (bicyclic) bond motifs is 2. The Kier molecular flexibility index (Phi) is 3.66. The molecule has 0 aliphatic carbocycles. The van der Waals surface area contributed by atoms with E-state index in [0.29, 0.717) is 0 Å². The third-order valence-corrected chi connectivity index (χ3v) is 5.39. The van der Waals surface area contributed by atoms with Gasteiger partial charge in [-0.05, 0) is 36.8 Å². The maximum absolute atomic E-state index is 9.78. The second-order valence-corrected chi connectivity index (χ2v) is 7.49. The summed E-state index contributed by atoms with van der Waals surface area (Å²) in [6, 6.07) is 9.79. The molecule has 6 aromatic rings. The fourth-order valence-corrected chi connectivity index (χ4v) is 3.91. The summed E-state index contributed by atoms with van der Waals surface area (Å²) in [5.74, 6) is 0.135. The zero-order chi connectivity index (χ0) is 20.9. The first kappa shape index (κ1) is 17.4. The normalized spacial score (nSPS) is 11.5. The molecule has 31 heavy (non-hydrogen) atoms. The van der Waals surface area contributed by atoms with Gasteiger partial charge >= 0.3 is 0 Å². The maximum Gasteiger partial charge on any atom is 0.134 e. The molecule has 0 saturated carbocycles. The molecule has 150 valence electrons. The number of benzene rings is 1. The maximum atomic E-state index is 9.78. The fourth-order valence-electron chi connectivity index (χ4n) is 3.91. The van der Waals surface area contributed by atoms with E-state index in [1.807, 2.05) is 42.2 Å². The number of pyridine rings is 2. The largest absolute Gasteiger partial charge is 0.506 e. The molecule has 0 aliphatic rings. The summed E-state index contributed by atoms with van der Waals surface area (Å²) in [4.78, 5) is 16.2. The fraction of sp³-hybridized carbons (Fsp3) is 0.0435. The number of aromatic hydroxyl groups is 1. The number of imidazole rings is 1. The number of aryl methyl sites for hydroxylation is 1. The molecular formula is C23H17N7O. The lowest BCUT2D eigenvalue weighted by Crippen LogP contribution is -1.91. The van der Waals surface area contributed by atoms with Gasteiger partial charge in [0.1, 0.15) is 11.4 Å². The lowest BCUT2D eigenvalue weighted by atomic mass is 10.0. The minimum Gasteiger partial charge on any atom is -0.506 e. The van der Waals surface area contributed by atoms with Crippen molar-refractivity contribution in [2.45, 2.75) is 6.92 Å². The van der Waals surface area contributed by atoms with Crippen LogP contribution in [0.15, 0.2) is 67.6 Å². The van der Waals surface area contributed by atoms with E-state index in [-0.39, 0.29) is 5.75 Å². The van der Waals surface area contributed by atoms with Crippen LogP contribution in [-0.4, -0.2) is 39.8 Å². The summed E-state index contributed by atoms with van der Waals surface area (Å²) in [6.07, 6.45) is 10.6. The van der Waals surface area contributed by atoms with Crippen LogP contribution in [0.3, 0.4) is 0 Å². The highest BCUT2D eigenvalue weighted by Gasteiger charge is 2.15. The number of hydrogen-bond donors (Lipinski definition) is 3. The summed E-state index contributed by atoms with van der Waals surface area (Å²) >= 11 is 0. The van der Waals surface area contributed by atoms with Crippen molar-refractivity contribution >= 4 is 21.8 Å². The first-order valence-corrected chi connectivity index (χ1v) is 9.76. The Morgan fingerprint density at radius 2 is 1.81 bits per heavy atom. The predicted molar refractivity (Wildman–Crippen MR) is 118 cm³/mol. The van der Waals surface area contributed by atoms with Crippen LogP contribution in [0, 0.1) is 6.92 Å². The first-order chi connectivity index (χ1) is 15.2. The lowest BCUT2D eigenvalue weighted by Gasteiger charge is -2.03. The van der Waals surface area contributed by atoms with E-state index in [0.717, 1.165) is 55.7 Å². The van der Waals surface area contributed by atoms with E-state index < -0.39 is 0 Å². The summed E-state index contributed by atoms with van der Waals surface area (Å²) < 4.78 is 1.97. The zero-order valence-electron chi connectivity index (χ0n) is 16.5. The van der Waals surface area contributed by atoms with Crippen LogP contribution in [0.2, 0.25) is 0 Å². The molecule has 0 radical (unpaired) electrons. The van der Waals surface area contributed by atoms with Gasteiger partial charge in [0.2, 0.25) is 0 Å². The Hall–Kier alpha value is -4.46. The molecule has 0 bridgehead atoms. The highest BCUT2D eigenvalue weighted by atomic mass is 16.3. The van der Waals surface area contributed by atoms with E-state index in [4.69, 9.17) is 0 Å². The van der Waals surface area contributed by atoms with Crippen molar-refractivity contribution in [3.8, 4) is 34.0 Å². The van der Waals surface area contributed by atoms with Gasteiger partial charge in [-0.25, -0.2) is 4.98 Å². The molecular weight excluding hydrogens is 390 g/mol. The Morgan fingerprint density at radius 1 is 0.903 bits per heavy atom. The Bertz CT molecular complexity index is 1570. The highest BCUT2D eigenvalue weighted by Crippen LogP contribution is 2.33. The minimum atomic E-state index is 0.135. The van der Waals surface area contributed by atoms with Crippen molar-refractivity contribution < 1.29 is 5.11 Å². The number of rotatable bonds is 3. The molecule has 0 aliphatic heterocycles. The summed E-state index contributed by atoms with van der Waals surface area (Å²) in [7, 11) is 0. The van der Waals surface area contributed by atoms with Gasteiger partial charge in [0.25, 0.3) is 0 Å². The van der Waals surface area contributed by atoms with Crippen LogP contribution < -0.4 is 0 Å². The van der Waals surface area contributed by atoms with Crippen molar-refractivity contribution in [2.24, 2.45) is 0 Å². The van der Waals surface area contributed by atoms with Crippen molar-refractivity contribution in [3.63, 3.8) is 0 Å². The van der Waals surface area contributed by atoms with Crippen LogP contribution in [-0.2, 0) is 0 Å². The van der Waals surface area contributed by atoms with Crippen LogP contribution in [0.1, 0.15) is 5.69 Å². The zero-order valence-corrected chi connectivity index (χ0v) is 16.5. The molecule has 0 amide bonds. The molecule has 6 rings (SSSR count). The molecule has 0 saturated heterocycles. The second-order valence-electron chi connectivity index (χ2n) is 7.49. The molecule has 0 spiro atoms. The van der Waals surface area contributed by atoms with Gasteiger partial charge in [0.15, 0.2) is 0 Å². The molecule has 0 atom stereocenters. The quantitative estimate of drug-likeness (QED) is 0.404. The van der Waals surface area contributed by atoms with Gasteiger partial charge in [-0.15, -0.1) is 0 Å². The number of aromatic nitrogens is 7. The van der Waals surface area contributed by atoms with Crippen LogP contribution in [0.4, 0.5) is 0 Å². The number of nitrogens with one attached hydrogen (secondary N) is 2. The lowest BCUT2D eigenvalue weighted by molar-refractivity contribution is 0.473. The van der Waals surface area contributed by atoms with E-state index in [2.05, 4.69) is 42.3 Å². The monoisotopic (exact) mass is 407 g/mol. The Morgan fingerprint density at radius 3 is 2.65 bits per heavy atom. The molecule has 1 aromatic carbocycles. The van der Waals surface area contributed by atoms with Crippen molar-refractivity contribution in [1.29, 1.82) is 0 Å². The van der Waals surface area contributed by atoms with E-state index in [1.165, 1.54) is 6.20 Å². The number of H-pyrrole nitrogens is 2. The minimum absolute atomic E-state index is 0.135. The predicted octanol–water partition coefficient (Wildman–Crippen LogP) is 4.37. The summed E-state index contributed by atoms with van der Waals surface area (Å²) in [5.41, 5.74) is 7.23. The molecule has 0 fully saturated rings. The number of hydrogen-bond acceptors (Lipinski definition) is 5. The van der Waals surface area contributed by atoms with E-state index in [1.54, 1.807) is 18.6 Å². The summed E-state index contributed by atoms with van der Waals surface area (Å²) in [5, 5.41) is 19.5. The van der Waals surface area contributed by atoms with Crippen molar-refractivity contribution in [3.05, 3.63) is 73.3 Å². The standard InChI is InChI=1S/C23H17N7O/c1-13-11-30(12-26-13)22-10-25-9-21-17(22)6-20(27-21)23-18-5-14(2-3-19(18)28-29-23)15-4-16(31)8-24-7-15/h2-12,27,31H,1H3,(H,28,29). The summed E-state index contributed by atoms with van der Waals surface area (Å²) in [6.45, 7) is 1.96. The van der Waals surface area contributed by atoms with Crippen LogP contribution in [0.25, 0.3) is 50.0 Å². The van der Waals surface area contributed by atoms with Gasteiger partial charge in [-0.2, -0.15) is 5.10 Å². The Balaban J connectivity index is 1.51. The average Bonchev–Trinajstić information content (AvgIpc) is 3.50. The molecule has 5 aromatic heterocycles. The van der Waals surface area contributed by atoms with Gasteiger partial charge in [0.05, 0.1) is 53.0 Å². The average molecular weight is 407 g/mol. The Labute approximate surface area is 176 Å². The molecule has 5 heterocycles. The van der Waals surface area contributed by atoms with Crippen molar-refractivity contribution in [1.82, 2.24) is 34.7 Å². The van der Waals surface area contributed by atoms with Crippen LogP contribution in [0.5, 0.6) is 5.75 Å². The number of aromatic amines is 2. The molecule has 8 heteroatoms. The SMILES string of the molecule is Cc1cn(-c2cncc3[nH]c(-c4n[nH]c5ccc(-c6cncc(O)c6)cc45)cc23)cn1. The third-order valence-electron chi connectivity index (χ3n) is 5.39. The van der Waals surface area contributed by atoms with Crippen molar-refractivity contribution in [2.75, 3.05) is 0 Å². The first-order valence-electron chi connectivity index (χ1n) is 9.76. The molecule has 0 unspecified atom stereocenters. The van der Waals surface area contributed by atoms with Crippen LogP contribution >= 0.6 is 0 Å². The topological polar surface area (TPSA) is 108 Å². The van der Waals surface area contributed by atoms with Gasteiger partial charge in [-0.3, -0.25) is 15.1 Å². The van der Waals surface area contributed by atoms with E-state index >= 15 is 0 Å². The smallest absolute Gasteiger partial charge is 0.134 e. The third kappa shape index (κ3) is 2.84. The van der Waals surface area contributed by atoms with Gasteiger partial charge < -0.3 is 14.7 Å². The second kappa shape index (κ2) is 6.53.